The minimum atomic E-state index is 0.563. The zero-order valence-corrected chi connectivity index (χ0v) is 11.8. The van der Waals surface area contributed by atoms with Gasteiger partial charge in [-0.25, -0.2) is 0 Å². The van der Waals surface area contributed by atoms with Crippen molar-refractivity contribution in [1.29, 1.82) is 0 Å². The molecule has 20 heavy (non-hydrogen) atoms. The number of benzene rings is 2. The fraction of sp³-hybridized carbons (Fsp3) is 0.167. The summed E-state index contributed by atoms with van der Waals surface area (Å²) in [5.41, 5.74) is 4.55. The lowest BCUT2D eigenvalue weighted by molar-refractivity contribution is 0.305. The predicted octanol–water partition coefficient (Wildman–Crippen LogP) is 4.43. The molecule has 0 unspecified atom stereocenters. The van der Waals surface area contributed by atoms with E-state index >= 15 is 0 Å². The van der Waals surface area contributed by atoms with Crippen LogP contribution >= 0.6 is 0 Å². The average molecular weight is 263 g/mol. The maximum atomic E-state index is 5.98. The molecule has 0 aliphatic carbocycles. The van der Waals surface area contributed by atoms with E-state index < -0.39 is 0 Å². The molecule has 0 bridgehead atoms. The number of para-hydroxylation sites is 1. The topological polar surface area (TPSA) is 22.1 Å². The minimum absolute atomic E-state index is 0.563. The van der Waals surface area contributed by atoms with Gasteiger partial charge in [0.05, 0.1) is 5.52 Å². The Balaban J connectivity index is 1.89. The summed E-state index contributed by atoms with van der Waals surface area (Å²) in [6, 6.07) is 16.4. The van der Waals surface area contributed by atoms with Gasteiger partial charge >= 0.3 is 0 Å². The summed E-state index contributed by atoms with van der Waals surface area (Å²) < 4.78 is 5.98. The van der Waals surface area contributed by atoms with Crippen LogP contribution in [-0.2, 0) is 6.61 Å². The first-order valence-corrected chi connectivity index (χ1v) is 6.77. The third-order valence-corrected chi connectivity index (χ3v) is 3.47. The molecule has 2 heteroatoms. The molecule has 2 aromatic carbocycles. The highest BCUT2D eigenvalue weighted by atomic mass is 16.5. The molecule has 0 N–H and O–H groups in total. The highest BCUT2D eigenvalue weighted by Gasteiger charge is 2.04. The monoisotopic (exact) mass is 263 g/mol. The van der Waals surface area contributed by atoms with Crippen molar-refractivity contribution < 1.29 is 4.74 Å². The molecule has 100 valence electrons. The number of fused-ring (bicyclic) bond motifs is 1. The molecule has 3 aromatic rings. The molecular weight excluding hydrogens is 246 g/mol. The van der Waals surface area contributed by atoms with Crippen LogP contribution in [0.3, 0.4) is 0 Å². The van der Waals surface area contributed by atoms with Gasteiger partial charge in [0.2, 0.25) is 0 Å². The molecular formula is C18H17NO. The Labute approximate surface area is 119 Å². The van der Waals surface area contributed by atoms with Crippen LogP contribution < -0.4 is 4.74 Å². The number of nitrogens with zero attached hydrogens (tertiary/aromatic N) is 1. The molecule has 1 aromatic heterocycles. The average Bonchev–Trinajstić information content (AvgIpc) is 2.48. The molecule has 0 saturated carbocycles. The van der Waals surface area contributed by atoms with Crippen LogP contribution in [0.25, 0.3) is 10.9 Å². The first kappa shape index (κ1) is 12.7. The zero-order chi connectivity index (χ0) is 13.9. The molecule has 0 fully saturated rings. The molecule has 2 nitrogen and oxygen atoms in total. The lowest BCUT2D eigenvalue weighted by Gasteiger charge is -2.11. The summed E-state index contributed by atoms with van der Waals surface area (Å²) in [7, 11) is 0. The van der Waals surface area contributed by atoms with E-state index in [-0.39, 0.29) is 0 Å². The van der Waals surface area contributed by atoms with Crippen molar-refractivity contribution >= 4 is 10.9 Å². The Bertz CT molecular complexity index is 744. The van der Waals surface area contributed by atoms with Crippen LogP contribution in [0, 0.1) is 13.8 Å². The van der Waals surface area contributed by atoms with Gasteiger partial charge in [0.15, 0.2) is 0 Å². The van der Waals surface area contributed by atoms with E-state index in [1.54, 1.807) is 0 Å². The molecule has 0 saturated heterocycles. The fourth-order valence-electron chi connectivity index (χ4n) is 2.30. The SMILES string of the molecule is Cc1ccc(C)c(OCc2ccnc3ccccc23)c1. The lowest BCUT2D eigenvalue weighted by Crippen LogP contribution is -1.98. The molecule has 0 amide bonds. The van der Waals surface area contributed by atoms with Gasteiger partial charge < -0.3 is 4.74 Å². The van der Waals surface area contributed by atoms with E-state index in [4.69, 9.17) is 4.74 Å². The Hall–Kier alpha value is -2.35. The maximum absolute atomic E-state index is 5.98. The molecule has 0 radical (unpaired) electrons. The van der Waals surface area contributed by atoms with E-state index in [1.165, 1.54) is 5.56 Å². The summed E-state index contributed by atoms with van der Waals surface area (Å²) in [5, 5.41) is 1.15. The number of hydrogen-bond donors (Lipinski definition) is 0. The second-order valence-electron chi connectivity index (χ2n) is 5.04. The zero-order valence-electron chi connectivity index (χ0n) is 11.8. The van der Waals surface area contributed by atoms with Crippen molar-refractivity contribution in [3.05, 3.63) is 71.4 Å². The van der Waals surface area contributed by atoms with E-state index in [2.05, 4.69) is 43.1 Å². The van der Waals surface area contributed by atoms with Gasteiger partial charge in [0.1, 0.15) is 12.4 Å². The quantitative estimate of drug-likeness (QED) is 0.697. The number of rotatable bonds is 3. The van der Waals surface area contributed by atoms with Crippen LogP contribution in [-0.4, -0.2) is 4.98 Å². The maximum Gasteiger partial charge on any atom is 0.122 e. The smallest absolute Gasteiger partial charge is 0.122 e. The Kier molecular flexibility index (Phi) is 3.38. The van der Waals surface area contributed by atoms with Gasteiger partial charge in [-0.1, -0.05) is 30.3 Å². The number of pyridine rings is 1. The Morgan fingerprint density at radius 1 is 1.00 bits per heavy atom. The number of aromatic nitrogens is 1. The standard InChI is InChI=1S/C18H17NO/c1-13-7-8-14(2)18(11-13)20-12-15-9-10-19-17-6-4-3-5-16(15)17/h3-11H,12H2,1-2H3. The fourth-order valence-corrected chi connectivity index (χ4v) is 2.30. The first-order chi connectivity index (χ1) is 9.74. The molecule has 0 spiro atoms. The largest absolute Gasteiger partial charge is 0.489 e. The van der Waals surface area contributed by atoms with Crippen molar-refractivity contribution in [1.82, 2.24) is 4.98 Å². The summed E-state index contributed by atoms with van der Waals surface area (Å²) in [4.78, 5) is 4.37. The van der Waals surface area contributed by atoms with E-state index in [0.717, 1.165) is 27.8 Å². The van der Waals surface area contributed by atoms with Crippen molar-refractivity contribution in [3.8, 4) is 5.75 Å². The van der Waals surface area contributed by atoms with E-state index in [1.807, 2.05) is 30.5 Å². The van der Waals surface area contributed by atoms with Gasteiger partial charge in [0, 0.05) is 17.1 Å². The molecule has 1 heterocycles. The second-order valence-corrected chi connectivity index (χ2v) is 5.04. The summed E-state index contributed by atoms with van der Waals surface area (Å²) in [5.74, 6) is 0.950. The van der Waals surface area contributed by atoms with Crippen LogP contribution in [0.4, 0.5) is 0 Å². The van der Waals surface area contributed by atoms with E-state index in [0.29, 0.717) is 6.61 Å². The molecule has 0 atom stereocenters. The third-order valence-electron chi connectivity index (χ3n) is 3.47. The Morgan fingerprint density at radius 3 is 2.75 bits per heavy atom. The third kappa shape index (κ3) is 2.50. The van der Waals surface area contributed by atoms with Gasteiger partial charge in [-0.15, -0.1) is 0 Å². The predicted molar refractivity (Wildman–Crippen MR) is 82.0 cm³/mol. The summed E-state index contributed by atoms with van der Waals surface area (Å²) >= 11 is 0. The normalized spacial score (nSPS) is 10.7. The number of ether oxygens (including phenoxy) is 1. The molecule has 0 aliphatic rings. The van der Waals surface area contributed by atoms with Crippen LogP contribution in [0.5, 0.6) is 5.75 Å². The van der Waals surface area contributed by atoms with Crippen LogP contribution in [0.1, 0.15) is 16.7 Å². The highest BCUT2D eigenvalue weighted by Crippen LogP contribution is 2.22. The van der Waals surface area contributed by atoms with Crippen LogP contribution in [0.15, 0.2) is 54.7 Å². The second kappa shape index (κ2) is 5.33. The van der Waals surface area contributed by atoms with Crippen molar-refractivity contribution in [2.45, 2.75) is 20.5 Å². The van der Waals surface area contributed by atoms with Gasteiger partial charge in [-0.3, -0.25) is 4.98 Å². The summed E-state index contributed by atoms with van der Waals surface area (Å²) in [6.45, 7) is 4.71. The van der Waals surface area contributed by atoms with Crippen molar-refractivity contribution in [2.24, 2.45) is 0 Å². The van der Waals surface area contributed by atoms with Gasteiger partial charge in [0.25, 0.3) is 0 Å². The first-order valence-electron chi connectivity index (χ1n) is 6.77. The minimum Gasteiger partial charge on any atom is -0.489 e. The van der Waals surface area contributed by atoms with E-state index in [9.17, 15) is 0 Å². The lowest BCUT2D eigenvalue weighted by atomic mass is 10.1. The summed E-state index contributed by atoms with van der Waals surface area (Å²) in [6.07, 6.45) is 1.84. The molecule has 0 aliphatic heterocycles. The van der Waals surface area contributed by atoms with Crippen LogP contribution in [0.2, 0.25) is 0 Å². The molecule has 3 rings (SSSR count). The van der Waals surface area contributed by atoms with Crippen molar-refractivity contribution in [3.63, 3.8) is 0 Å². The van der Waals surface area contributed by atoms with Crippen molar-refractivity contribution in [2.75, 3.05) is 0 Å². The Morgan fingerprint density at radius 2 is 1.85 bits per heavy atom. The van der Waals surface area contributed by atoms with Gasteiger partial charge in [-0.05, 0) is 43.2 Å². The number of aryl methyl sites for hydroxylation is 2. The highest BCUT2D eigenvalue weighted by molar-refractivity contribution is 5.81. The number of hydrogen-bond acceptors (Lipinski definition) is 2. The van der Waals surface area contributed by atoms with Gasteiger partial charge in [-0.2, -0.15) is 0 Å².